The second kappa shape index (κ2) is 24.4. The summed E-state index contributed by atoms with van der Waals surface area (Å²) in [6, 6.07) is 10.7. The minimum absolute atomic E-state index is 0.0763. The van der Waals surface area contributed by atoms with Gasteiger partial charge in [0.2, 0.25) is 5.60 Å². The largest absolute Gasteiger partial charge is 0.472 e. The maximum absolute atomic E-state index is 14.1. The van der Waals surface area contributed by atoms with Crippen LogP contribution in [0.2, 0.25) is 0 Å². The Bertz CT molecular complexity index is 1870. The number of nitrogens with two attached hydrogens (primary N) is 1. The molecule has 0 bridgehead atoms. The third kappa shape index (κ3) is 14.5. The predicted molar refractivity (Wildman–Crippen MR) is 216 cm³/mol. The minimum atomic E-state index is -4.87. The fourth-order valence-electron chi connectivity index (χ4n) is 7.07. The number of unbranched alkanes of at least 4 members (excludes halogenated alkanes) is 14. The van der Waals surface area contributed by atoms with E-state index in [1.165, 1.54) is 87.2 Å². The molecule has 5 N–H and O–H groups in total. The fourth-order valence-corrected chi connectivity index (χ4v) is 7.85. The summed E-state index contributed by atoms with van der Waals surface area (Å²) < 4.78 is 50.8. The number of ether oxygens (including phenoxy) is 2. The maximum atomic E-state index is 14.1. The highest BCUT2D eigenvalue weighted by Crippen LogP contribution is 2.48. The van der Waals surface area contributed by atoms with Gasteiger partial charge in [0.15, 0.2) is 5.82 Å². The van der Waals surface area contributed by atoms with Gasteiger partial charge in [-0.1, -0.05) is 96.1 Å². The minimum Gasteiger partial charge on any atom is -0.387 e. The lowest BCUT2D eigenvalue weighted by atomic mass is 9.96. The Hall–Kier alpha value is -3.76. The van der Waals surface area contributed by atoms with Crippen LogP contribution in [0.4, 0.5) is 10.2 Å². The van der Waals surface area contributed by atoms with Crippen LogP contribution in [0.25, 0.3) is 5.52 Å². The SMILES string of the molecule is CCCCCCCC/C=C/CCCCCCCCCC[C@H](COP(=O)(O)OC[C@@]1(C#N)O[C@@H](c2ccc3c(N)ncnn23)[C@H](O)[C@@H]1O)OCc1cc(F)cc(C#N)c1. The van der Waals surface area contributed by atoms with E-state index in [1.807, 2.05) is 6.07 Å². The number of aliphatic hydroxyl groups is 2. The number of anilines is 1. The van der Waals surface area contributed by atoms with Gasteiger partial charge in [0.1, 0.15) is 48.6 Å². The van der Waals surface area contributed by atoms with Crippen LogP contribution in [-0.2, 0) is 29.7 Å². The first-order valence-electron chi connectivity index (χ1n) is 20.6. The van der Waals surface area contributed by atoms with Gasteiger partial charge in [0.25, 0.3) is 0 Å². The number of phosphoric acid groups is 1. The quantitative estimate of drug-likeness (QED) is 0.0308. The number of aliphatic hydroxyl groups excluding tert-OH is 2. The van der Waals surface area contributed by atoms with Crippen LogP contribution < -0.4 is 5.73 Å². The molecule has 6 atom stereocenters. The predicted octanol–water partition coefficient (Wildman–Crippen LogP) is 8.30. The van der Waals surface area contributed by atoms with Crippen LogP contribution in [-0.4, -0.2) is 66.8 Å². The van der Waals surface area contributed by atoms with Crippen molar-refractivity contribution >= 4 is 19.2 Å². The van der Waals surface area contributed by atoms with E-state index >= 15 is 0 Å². The number of hydrogen-bond donors (Lipinski definition) is 4. The topological polar surface area (TPSA) is 218 Å². The van der Waals surface area contributed by atoms with E-state index in [1.54, 1.807) is 18.2 Å². The molecular weight excluding hydrogens is 766 g/mol. The van der Waals surface area contributed by atoms with E-state index in [-0.39, 0.29) is 30.3 Å². The molecule has 14 nitrogen and oxygen atoms in total. The molecule has 318 valence electrons. The van der Waals surface area contributed by atoms with Crippen LogP contribution >= 0.6 is 7.82 Å². The first kappa shape index (κ1) is 46.9. The van der Waals surface area contributed by atoms with Crippen molar-refractivity contribution < 1.29 is 42.6 Å². The number of phosphoric ester groups is 1. The molecule has 0 saturated carbocycles. The Balaban J connectivity index is 1.22. The van der Waals surface area contributed by atoms with Gasteiger partial charge in [-0.25, -0.2) is 18.5 Å². The van der Waals surface area contributed by atoms with Crippen LogP contribution in [0, 0.1) is 28.5 Å². The first-order valence-corrected chi connectivity index (χ1v) is 22.1. The molecule has 0 radical (unpaired) electrons. The van der Waals surface area contributed by atoms with Crippen molar-refractivity contribution in [3.05, 3.63) is 71.4 Å². The summed E-state index contributed by atoms with van der Waals surface area (Å²) >= 11 is 0. The number of rotatable bonds is 28. The van der Waals surface area contributed by atoms with Crippen molar-refractivity contribution in [1.29, 1.82) is 10.5 Å². The molecule has 3 aromatic rings. The Kier molecular flexibility index (Phi) is 19.7. The fraction of sp³-hybridized carbons (Fsp3) is 0.619. The van der Waals surface area contributed by atoms with Gasteiger partial charge in [0.05, 0.1) is 36.6 Å². The molecule has 16 heteroatoms. The summed E-state index contributed by atoms with van der Waals surface area (Å²) in [5, 5.41) is 45.2. The van der Waals surface area contributed by atoms with Crippen LogP contribution in [0.15, 0.2) is 48.8 Å². The number of aromatic nitrogens is 3. The average Bonchev–Trinajstić information content (AvgIpc) is 3.76. The lowest BCUT2D eigenvalue weighted by Gasteiger charge is -2.26. The normalized spacial score (nSPS) is 21.0. The Morgan fingerprint density at radius 1 is 0.983 bits per heavy atom. The van der Waals surface area contributed by atoms with Crippen molar-refractivity contribution in [2.75, 3.05) is 18.9 Å². The molecule has 0 amide bonds. The summed E-state index contributed by atoms with van der Waals surface area (Å²) in [6.07, 6.45) is 19.7. The standard InChI is InChI=1S/C42H60FN6O8P/c1-2-3-4-5-6-7-8-9-10-11-12-13-14-15-16-17-18-19-20-35(54-27-33-23-32(26-44)24-34(43)25-33)28-55-58(52,53)56-30-42(29-45)40(51)38(50)39(57-42)36-21-22-37-41(46)47-31-48-49(36)37/h9-10,21-25,31,35,38-40,50-51H,2-8,11-20,27-28,30H2,1H3,(H,52,53)(H2,46,47,48)/b10-9+/t35-,38+,39+,40+,42-/m1/s1. The number of benzene rings is 1. The highest BCUT2D eigenvalue weighted by Gasteiger charge is 2.57. The van der Waals surface area contributed by atoms with Gasteiger partial charge in [0, 0.05) is 0 Å². The van der Waals surface area contributed by atoms with Gasteiger partial charge in [-0.05, 0) is 68.0 Å². The van der Waals surface area contributed by atoms with Crippen LogP contribution in [0.3, 0.4) is 0 Å². The van der Waals surface area contributed by atoms with Gasteiger partial charge in [-0.15, -0.1) is 0 Å². The van der Waals surface area contributed by atoms with Crippen LogP contribution in [0.5, 0.6) is 0 Å². The lowest BCUT2D eigenvalue weighted by molar-refractivity contribution is -0.0763. The number of nitriles is 2. The van der Waals surface area contributed by atoms with Crippen LogP contribution in [0.1, 0.15) is 139 Å². The van der Waals surface area contributed by atoms with Crippen molar-refractivity contribution in [3.63, 3.8) is 0 Å². The van der Waals surface area contributed by atoms with Gasteiger partial charge >= 0.3 is 7.82 Å². The molecule has 1 saturated heterocycles. The molecule has 3 heterocycles. The van der Waals surface area contributed by atoms with Crippen molar-refractivity contribution in [1.82, 2.24) is 14.6 Å². The number of nitrogens with zero attached hydrogens (tertiary/aromatic N) is 5. The van der Waals surface area contributed by atoms with E-state index in [4.69, 9.17) is 24.3 Å². The number of allylic oxidation sites excluding steroid dienone is 2. The summed E-state index contributed by atoms with van der Waals surface area (Å²) in [6.45, 7) is 0.862. The van der Waals surface area contributed by atoms with Gasteiger partial charge < -0.3 is 30.3 Å². The monoisotopic (exact) mass is 826 g/mol. The zero-order valence-corrected chi connectivity index (χ0v) is 34.5. The molecule has 1 fully saturated rings. The number of hydrogen-bond acceptors (Lipinski definition) is 12. The molecule has 1 aliphatic heterocycles. The Morgan fingerprint density at radius 3 is 2.29 bits per heavy atom. The third-order valence-electron chi connectivity index (χ3n) is 10.4. The van der Waals surface area contributed by atoms with E-state index in [0.29, 0.717) is 17.5 Å². The highest BCUT2D eigenvalue weighted by atomic mass is 31.2. The molecule has 2 aromatic heterocycles. The molecule has 58 heavy (non-hydrogen) atoms. The molecule has 1 aromatic carbocycles. The number of nitrogen functional groups attached to an aromatic ring is 1. The summed E-state index contributed by atoms with van der Waals surface area (Å²) in [4.78, 5) is 14.6. The smallest absolute Gasteiger partial charge is 0.387 e. The van der Waals surface area contributed by atoms with Gasteiger partial charge in [-0.3, -0.25) is 9.05 Å². The van der Waals surface area contributed by atoms with Crippen molar-refractivity contribution in [3.8, 4) is 12.1 Å². The van der Waals surface area contributed by atoms with E-state index < -0.39 is 50.3 Å². The lowest BCUT2D eigenvalue weighted by Crippen LogP contribution is -2.45. The van der Waals surface area contributed by atoms with Crippen molar-refractivity contribution in [2.24, 2.45) is 0 Å². The molecule has 0 spiro atoms. The molecular formula is C42H60FN6O8P. The molecule has 1 unspecified atom stereocenters. The highest BCUT2D eigenvalue weighted by molar-refractivity contribution is 7.47. The van der Waals surface area contributed by atoms with E-state index in [2.05, 4.69) is 29.2 Å². The maximum Gasteiger partial charge on any atom is 0.472 e. The summed E-state index contributed by atoms with van der Waals surface area (Å²) in [5.41, 5.74) is 4.88. The molecule has 1 aliphatic rings. The first-order chi connectivity index (χ1) is 28.0. The Labute approximate surface area is 341 Å². The van der Waals surface area contributed by atoms with Crippen molar-refractivity contribution in [2.45, 2.75) is 153 Å². The summed E-state index contributed by atoms with van der Waals surface area (Å²) in [7, 11) is -4.87. The summed E-state index contributed by atoms with van der Waals surface area (Å²) in [5.74, 6) is -0.428. The van der Waals surface area contributed by atoms with E-state index in [9.17, 15) is 34.6 Å². The van der Waals surface area contributed by atoms with Gasteiger partial charge in [-0.2, -0.15) is 15.6 Å². The average molecular weight is 827 g/mol. The zero-order valence-electron chi connectivity index (χ0n) is 33.6. The Morgan fingerprint density at radius 2 is 1.64 bits per heavy atom. The number of fused-ring (bicyclic) bond motifs is 1. The second-order valence-electron chi connectivity index (χ2n) is 15.0. The third-order valence-corrected chi connectivity index (χ3v) is 11.3. The number of halogens is 1. The zero-order chi connectivity index (χ0) is 41.8. The molecule has 4 rings (SSSR count). The van der Waals surface area contributed by atoms with E-state index in [0.717, 1.165) is 44.6 Å². The second-order valence-corrected chi connectivity index (χ2v) is 16.5. The molecule has 0 aliphatic carbocycles.